The third-order valence-corrected chi connectivity index (χ3v) is 2.94. The molecule has 0 heterocycles. The Morgan fingerprint density at radius 1 is 0.941 bits per heavy atom. The molecule has 2 aromatic rings. The Balaban J connectivity index is 2.69. The predicted octanol–water partition coefficient (Wildman–Crippen LogP) is 4.71. The molecule has 0 aromatic heterocycles. The van der Waals surface area contributed by atoms with E-state index in [1.54, 1.807) is 6.07 Å². The third-order valence-electron chi connectivity index (χ3n) is 2.28. The summed E-state index contributed by atoms with van der Waals surface area (Å²) in [5.74, 6) is -2.77. The van der Waals surface area contributed by atoms with Gasteiger partial charge in [-0.1, -0.05) is 23.7 Å². The highest BCUT2D eigenvalue weighted by Gasteiger charge is 2.14. The van der Waals surface area contributed by atoms with Crippen LogP contribution < -0.4 is 0 Å². The van der Waals surface area contributed by atoms with Gasteiger partial charge in [0.05, 0.1) is 5.02 Å². The Morgan fingerprint density at radius 3 is 2.29 bits per heavy atom. The average molecular weight is 275 g/mol. The van der Waals surface area contributed by atoms with Crippen molar-refractivity contribution >= 4 is 24.2 Å². The van der Waals surface area contributed by atoms with Crippen LogP contribution in [0.5, 0.6) is 0 Å². The van der Waals surface area contributed by atoms with E-state index in [-0.39, 0.29) is 21.0 Å². The van der Waals surface area contributed by atoms with Crippen molar-refractivity contribution in [2.24, 2.45) is 0 Å². The van der Waals surface area contributed by atoms with E-state index in [0.29, 0.717) is 0 Å². The molecule has 2 rings (SSSR count). The maximum atomic E-state index is 13.7. The monoisotopic (exact) mass is 274 g/mol. The zero-order valence-electron chi connectivity index (χ0n) is 8.35. The van der Waals surface area contributed by atoms with E-state index < -0.39 is 17.5 Å². The second-order valence-corrected chi connectivity index (χ2v) is 4.27. The lowest BCUT2D eigenvalue weighted by Gasteiger charge is -2.08. The van der Waals surface area contributed by atoms with Gasteiger partial charge in [-0.3, -0.25) is 0 Å². The van der Waals surface area contributed by atoms with E-state index in [0.717, 1.165) is 12.1 Å². The molecule has 0 saturated carbocycles. The minimum Gasteiger partial charge on any atom is -0.205 e. The molecule has 0 aliphatic carbocycles. The quantitative estimate of drug-likeness (QED) is 0.565. The lowest BCUT2D eigenvalue weighted by molar-refractivity contribution is 0.509. The van der Waals surface area contributed by atoms with Crippen LogP contribution in [0.25, 0.3) is 11.1 Å². The molecule has 17 heavy (non-hydrogen) atoms. The number of halogens is 4. The van der Waals surface area contributed by atoms with Crippen LogP contribution >= 0.6 is 24.2 Å². The van der Waals surface area contributed by atoms with E-state index in [1.807, 2.05) is 0 Å². The average Bonchev–Trinajstić information content (AvgIpc) is 2.28. The van der Waals surface area contributed by atoms with Gasteiger partial charge in [0.15, 0.2) is 11.6 Å². The van der Waals surface area contributed by atoms with Crippen molar-refractivity contribution in [1.29, 1.82) is 0 Å². The molecular formula is C12H6ClF3S. The molecule has 0 N–H and O–H groups in total. The largest absolute Gasteiger partial charge is 0.205 e. The molecule has 0 unspecified atom stereocenters. The van der Waals surface area contributed by atoms with Crippen LogP contribution in [0.3, 0.4) is 0 Å². The molecule has 0 saturated heterocycles. The van der Waals surface area contributed by atoms with Gasteiger partial charge in [-0.25, -0.2) is 13.2 Å². The first-order chi connectivity index (χ1) is 8.00. The number of thiol groups is 1. The van der Waals surface area contributed by atoms with E-state index >= 15 is 0 Å². The van der Waals surface area contributed by atoms with Gasteiger partial charge in [0.2, 0.25) is 0 Å². The van der Waals surface area contributed by atoms with Crippen LogP contribution in [-0.4, -0.2) is 0 Å². The molecule has 0 amide bonds. The molecule has 0 bridgehead atoms. The first kappa shape index (κ1) is 12.3. The molecule has 2 aromatic carbocycles. The second kappa shape index (κ2) is 4.63. The molecule has 0 fully saturated rings. The summed E-state index contributed by atoms with van der Waals surface area (Å²) in [6, 6.07) is 6.11. The standard InChI is InChI=1S/C12H6ClF3S/c13-8-5-10(15)9(14)4-7(8)6-2-1-3-11(17)12(6)16/h1-5,17H. The van der Waals surface area contributed by atoms with Crippen molar-refractivity contribution in [3.8, 4) is 11.1 Å². The Labute approximate surface area is 106 Å². The summed E-state index contributed by atoms with van der Waals surface area (Å²) in [4.78, 5) is 0.114. The first-order valence-corrected chi connectivity index (χ1v) is 5.45. The highest BCUT2D eigenvalue weighted by atomic mass is 35.5. The van der Waals surface area contributed by atoms with Crippen LogP contribution in [0.15, 0.2) is 35.2 Å². The summed E-state index contributed by atoms with van der Waals surface area (Å²) in [6.45, 7) is 0. The molecule has 0 radical (unpaired) electrons. The van der Waals surface area contributed by atoms with Crippen molar-refractivity contribution in [2.75, 3.05) is 0 Å². The fourth-order valence-corrected chi connectivity index (χ4v) is 1.92. The van der Waals surface area contributed by atoms with Crippen LogP contribution in [0.1, 0.15) is 0 Å². The second-order valence-electron chi connectivity index (χ2n) is 3.38. The lowest BCUT2D eigenvalue weighted by atomic mass is 10.0. The van der Waals surface area contributed by atoms with E-state index in [4.69, 9.17) is 11.6 Å². The van der Waals surface area contributed by atoms with Gasteiger partial charge in [0, 0.05) is 16.0 Å². The Kier molecular flexibility index (Phi) is 3.35. The van der Waals surface area contributed by atoms with Crippen molar-refractivity contribution in [3.05, 3.63) is 52.8 Å². The van der Waals surface area contributed by atoms with Crippen LogP contribution in [0, 0.1) is 17.5 Å². The summed E-state index contributed by atoms with van der Waals surface area (Å²) < 4.78 is 39.7. The summed E-state index contributed by atoms with van der Waals surface area (Å²) >= 11 is 9.67. The Morgan fingerprint density at radius 2 is 1.59 bits per heavy atom. The predicted molar refractivity (Wildman–Crippen MR) is 64.0 cm³/mol. The maximum Gasteiger partial charge on any atom is 0.160 e. The number of benzene rings is 2. The van der Waals surface area contributed by atoms with Crippen LogP contribution in [0.4, 0.5) is 13.2 Å². The number of hydrogen-bond donors (Lipinski definition) is 1. The van der Waals surface area contributed by atoms with E-state index in [9.17, 15) is 13.2 Å². The molecule has 0 aliphatic heterocycles. The SMILES string of the molecule is Fc1cc(Cl)c(-c2cccc(S)c2F)cc1F. The number of hydrogen-bond acceptors (Lipinski definition) is 1. The van der Waals surface area contributed by atoms with Gasteiger partial charge < -0.3 is 0 Å². The smallest absolute Gasteiger partial charge is 0.160 e. The van der Waals surface area contributed by atoms with E-state index in [2.05, 4.69) is 12.6 Å². The van der Waals surface area contributed by atoms with E-state index in [1.165, 1.54) is 12.1 Å². The Bertz CT molecular complexity index is 584. The van der Waals surface area contributed by atoms with Crippen molar-refractivity contribution in [3.63, 3.8) is 0 Å². The zero-order valence-corrected chi connectivity index (χ0v) is 10.00. The van der Waals surface area contributed by atoms with Gasteiger partial charge in [-0.15, -0.1) is 12.6 Å². The van der Waals surface area contributed by atoms with Gasteiger partial charge in [0.1, 0.15) is 5.82 Å². The molecule has 0 aliphatic rings. The minimum atomic E-state index is -1.08. The zero-order chi connectivity index (χ0) is 12.6. The molecule has 0 spiro atoms. The summed E-state index contributed by atoms with van der Waals surface area (Å²) in [6.07, 6.45) is 0. The molecule has 0 nitrogen and oxygen atoms in total. The highest BCUT2D eigenvalue weighted by molar-refractivity contribution is 7.80. The minimum absolute atomic E-state index is 0.0540. The van der Waals surface area contributed by atoms with Crippen LogP contribution in [-0.2, 0) is 0 Å². The topological polar surface area (TPSA) is 0 Å². The van der Waals surface area contributed by atoms with Crippen LogP contribution in [0.2, 0.25) is 5.02 Å². The highest BCUT2D eigenvalue weighted by Crippen LogP contribution is 2.33. The summed E-state index contributed by atoms with van der Waals surface area (Å²) in [7, 11) is 0. The maximum absolute atomic E-state index is 13.7. The molecule has 5 heteroatoms. The van der Waals surface area contributed by atoms with Crippen molar-refractivity contribution in [2.45, 2.75) is 4.90 Å². The Hall–Kier alpha value is -1.13. The van der Waals surface area contributed by atoms with Crippen molar-refractivity contribution < 1.29 is 13.2 Å². The van der Waals surface area contributed by atoms with Gasteiger partial charge in [0.25, 0.3) is 0 Å². The lowest BCUT2D eigenvalue weighted by Crippen LogP contribution is -1.91. The normalized spacial score (nSPS) is 10.6. The van der Waals surface area contributed by atoms with Crippen molar-refractivity contribution in [1.82, 2.24) is 0 Å². The molecule has 88 valence electrons. The third kappa shape index (κ3) is 2.28. The van der Waals surface area contributed by atoms with Gasteiger partial charge in [-0.2, -0.15) is 0 Å². The molecular weight excluding hydrogens is 269 g/mol. The van der Waals surface area contributed by atoms with Gasteiger partial charge >= 0.3 is 0 Å². The fourth-order valence-electron chi connectivity index (χ4n) is 1.46. The first-order valence-electron chi connectivity index (χ1n) is 4.63. The van der Waals surface area contributed by atoms with Gasteiger partial charge in [-0.05, 0) is 18.2 Å². The molecule has 0 atom stereocenters. The fraction of sp³-hybridized carbons (Fsp3) is 0. The summed E-state index contributed by atoms with van der Waals surface area (Å²) in [5.41, 5.74) is 0.181. The summed E-state index contributed by atoms with van der Waals surface area (Å²) in [5, 5.41) is -0.0540. The number of rotatable bonds is 1.